The molecule has 10 atom stereocenters. The number of hydrogen-bond donors (Lipinski definition) is 12. The Hall–Kier alpha value is -0.290. The normalized spacial score (nSPS) is 34.1. The van der Waals surface area contributed by atoms with Crippen LogP contribution in [0.1, 0.15) is 44.9 Å². The van der Waals surface area contributed by atoms with Crippen LogP contribution in [0.25, 0.3) is 0 Å². The van der Waals surface area contributed by atoms with Crippen molar-refractivity contribution < 1.29 is 55.2 Å². The van der Waals surface area contributed by atoms with Gasteiger partial charge in [0.15, 0.2) is 0 Å². The summed E-state index contributed by atoms with van der Waals surface area (Å²) < 4.78 is 12.2. The van der Waals surface area contributed by atoms with Gasteiger partial charge in [0, 0.05) is 50.0 Å². The second-order valence-corrected chi connectivity index (χ2v) is 13.3. The van der Waals surface area contributed by atoms with Crippen LogP contribution < -0.4 is 11.1 Å². The molecule has 40 heavy (non-hydrogen) atoms. The van der Waals surface area contributed by atoms with E-state index in [-0.39, 0.29) is 39.1 Å². The monoisotopic (exact) mass is 601 g/mol. The Bertz CT molecular complexity index is 780. The predicted molar refractivity (Wildman–Crippen MR) is 146 cm³/mol. The van der Waals surface area contributed by atoms with E-state index in [0.29, 0.717) is 38.6 Å². The van der Waals surface area contributed by atoms with E-state index >= 15 is 0 Å². The van der Waals surface area contributed by atoms with E-state index in [9.17, 15) is 55.2 Å². The first-order valence-corrected chi connectivity index (χ1v) is 16.1. The average Bonchev–Trinajstić information content (AvgIpc) is 2.90. The highest BCUT2D eigenvalue weighted by Crippen LogP contribution is 2.40. The van der Waals surface area contributed by atoms with Crippen LogP contribution in [0.15, 0.2) is 0 Å². The third kappa shape index (κ3) is 9.35. The molecule has 13 N–H and O–H groups in total. The number of nitrogens with zero attached hydrogens (tertiary/aromatic N) is 1. The summed E-state index contributed by atoms with van der Waals surface area (Å²) in [5.74, 6) is -2.58. The van der Waals surface area contributed by atoms with Gasteiger partial charge in [0.2, 0.25) is 0 Å². The highest BCUT2D eigenvalue weighted by Gasteiger charge is 2.47. The van der Waals surface area contributed by atoms with Crippen molar-refractivity contribution in [3.8, 4) is 0 Å². The lowest BCUT2D eigenvalue weighted by atomic mass is 9.75. The third-order valence-electron chi connectivity index (χ3n) is 9.08. The molecule has 2 rings (SSSR count). The minimum Gasteiger partial charge on any atom is -0.396 e. The third-order valence-corrected chi connectivity index (χ3v) is 9.81. The molecule has 0 saturated heterocycles. The van der Waals surface area contributed by atoms with Crippen LogP contribution in [0.3, 0.4) is 0 Å². The van der Waals surface area contributed by atoms with E-state index in [4.69, 9.17) is 5.73 Å². The molecule has 0 bridgehead atoms. The van der Waals surface area contributed by atoms with Gasteiger partial charge in [-0.1, -0.05) is 6.42 Å². The number of hydrogen-bond acceptors (Lipinski definition) is 12. The summed E-state index contributed by atoms with van der Waals surface area (Å²) >= 11 is 0. The van der Waals surface area contributed by atoms with E-state index in [1.807, 2.05) is 0 Å². The second kappa shape index (κ2) is 16.5. The van der Waals surface area contributed by atoms with Gasteiger partial charge >= 0.3 is 7.60 Å². The topological polar surface area (TPSA) is 261 Å². The van der Waals surface area contributed by atoms with Gasteiger partial charge in [-0.25, -0.2) is 0 Å². The van der Waals surface area contributed by atoms with Crippen molar-refractivity contribution in [3.05, 3.63) is 0 Å². The van der Waals surface area contributed by atoms with Crippen molar-refractivity contribution >= 4 is 7.60 Å². The first-order valence-electron chi connectivity index (χ1n) is 14.3. The molecule has 0 spiro atoms. The number of nitrogens with two attached hydrogens (primary N) is 1. The summed E-state index contributed by atoms with van der Waals surface area (Å²) in [7, 11) is -4.74. The molecule has 6 unspecified atom stereocenters. The Morgan fingerprint density at radius 2 is 1.43 bits per heavy atom. The van der Waals surface area contributed by atoms with E-state index in [1.165, 1.54) is 4.90 Å². The van der Waals surface area contributed by atoms with E-state index in [1.54, 1.807) is 0 Å². The number of nitrogens with one attached hydrogen (secondary N) is 1. The zero-order valence-electron chi connectivity index (χ0n) is 23.2. The van der Waals surface area contributed by atoms with E-state index < -0.39 is 86.8 Å². The minimum absolute atomic E-state index is 0.0243. The first-order chi connectivity index (χ1) is 18.9. The SMILES string of the molecule is NCCCCC(CO)(NCC1C(O)[C@H](CO)CC[C@@H]1O)C(CO)N(CC1C(O)[C@@H](CO)CC[C@H]1O)CP(=O)(O)O. The van der Waals surface area contributed by atoms with Crippen LogP contribution in [0.5, 0.6) is 0 Å². The first kappa shape index (κ1) is 35.9. The molecule has 2 saturated carbocycles. The maximum absolute atomic E-state index is 12.2. The molecule has 14 nitrogen and oxygen atoms in total. The van der Waals surface area contributed by atoms with Crippen LogP contribution in [0, 0.1) is 23.7 Å². The molecule has 0 heterocycles. The zero-order chi connectivity index (χ0) is 30.1. The second-order valence-electron chi connectivity index (χ2n) is 11.7. The summed E-state index contributed by atoms with van der Waals surface area (Å²) in [4.78, 5) is 21.1. The van der Waals surface area contributed by atoms with Crippen LogP contribution in [0.2, 0.25) is 0 Å². The molecular formula is C25H52N3O11P. The molecule has 0 radical (unpaired) electrons. The van der Waals surface area contributed by atoms with Crippen molar-refractivity contribution in [2.75, 3.05) is 52.3 Å². The molecule has 0 aromatic heterocycles. The Morgan fingerprint density at radius 1 is 0.875 bits per heavy atom. The quantitative estimate of drug-likeness (QED) is 0.0576. The van der Waals surface area contributed by atoms with Crippen LogP contribution >= 0.6 is 7.60 Å². The Kier molecular flexibility index (Phi) is 14.8. The summed E-state index contributed by atoms with van der Waals surface area (Å²) in [6.07, 6.45) is -2.28. The van der Waals surface area contributed by atoms with Gasteiger partial charge in [-0.2, -0.15) is 0 Å². The Morgan fingerprint density at radius 3 is 1.90 bits per heavy atom. The smallest absolute Gasteiger partial charge is 0.339 e. The Labute approximate surface area is 236 Å². The van der Waals surface area contributed by atoms with Crippen molar-refractivity contribution in [2.24, 2.45) is 29.4 Å². The number of rotatable bonds is 17. The largest absolute Gasteiger partial charge is 0.396 e. The number of aliphatic hydroxyl groups excluding tert-OH is 8. The molecule has 15 heteroatoms. The zero-order valence-corrected chi connectivity index (χ0v) is 24.0. The van der Waals surface area contributed by atoms with Gasteiger partial charge in [0.1, 0.15) is 6.29 Å². The maximum atomic E-state index is 12.2. The molecular weight excluding hydrogens is 549 g/mol. The molecule has 0 amide bonds. The minimum atomic E-state index is -4.74. The lowest BCUT2D eigenvalue weighted by molar-refractivity contribution is -0.0939. The predicted octanol–water partition coefficient (Wildman–Crippen LogP) is -3.29. The van der Waals surface area contributed by atoms with Crippen molar-refractivity contribution in [1.82, 2.24) is 10.2 Å². The molecule has 2 aliphatic rings. The lowest BCUT2D eigenvalue weighted by Gasteiger charge is -2.49. The van der Waals surface area contributed by atoms with Crippen molar-refractivity contribution in [3.63, 3.8) is 0 Å². The van der Waals surface area contributed by atoms with E-state index in [2.05, 4.69) is 5.32 Å². The summed E-state index contributed by atoms with van der Waals surface area (Å²) in [6, 6.07) is -1.12. The summed E-state index contributed by atoms with van der Waals surface area (Å²) in [5, 5.41) is 86.8. The molecule has 2 fully saturated rings. The van der Waals surface area contributed by atoms with Crippen molar-refractivity contribution in [2.45, 2.75) is 80.9 Å². The average molecular weight is 602 g/mol. The van der Waals surface area contributed by atoms with Gasteiger partial charge in [-0.15, -0.1) is 0 Å². The van der Waals surface area contributed by atoms with Gasteiger partial charge in [-0.05, 0) is 45.1 Å². The number of unbranched alkanes of at least 4 members (excludes halogenated alkanes) is 1. The van der Waals surface area contributed by atoms with Gasteiger partial charge in [-0.3, -0.25) is 9.46 Å². The fourth-order valence-corrected chi connectivity index (χ4v) is 7.31. The maximum Gasteiger partial charge on any atom is 0.339 e. The molecule has 0 aliphatic heterocycles. The number of aliphatic hydroxyl groups is 8. The van der Waals surface area contributed by atoms with Gasteiger partial charge in [0.25, 0.3) is 0 Å². The van der Waals surface area contributed by atoms with E-state index in [0.717, 1.165) is 0 Å². The fourth-order valence-electron chi connectivity index (χ4n) is 6.53. The summed E-state index contributed by atoms with van der Waals surface area (Å²) in [6.45, 7) is -1.75. The fraction of sp³-hybridized carbons (Fsp3) is 1.00. The highest BCUT2D eigenvalue weighted by atomic mass is 31.2. The van der Waals surface area contributed by atoms with Crippen molar-refractivity contribution in [1.29, 1.82) is 0 Å². The Balaban J connectivity index is 2.44. The summed E-state index contributed by atoms with van der Waals surface area (Å²) in [5.41, 5.74) is 4.29. The van der Waals surface area contributed by atoms with Crippen LogP contribution in [0.4, 0.5) is 0 Å². The molecule has 0 aromatic rings. The van der Waals surface area contributed by atoms with Crippen LogP contribution in [-0.4, -0.2) is 144 Å². The molecule has 238 valence electrons. The highest BCUT2D eigenvalue weighted by molar-refractivity contribution is 7.51. The van der Waals surface area contributed by atoms with Gasteiger partial charge in [0.05, 0.1) is 49.2 Å². The molecule has 2 aliphatic carbocycles. The van der Waals surface area contributed by atoms with Crippen LogP contribution in [-0.2, 0) is 4.57 Å². The lowest BCUT2D eigenvalue weighted by Crippen LogP contribution is -2.67. The van der Waals surface area contributed by atoms with Gasteiger partial charge < -0.3 is 61.7 Å². The standard InChI is InChI=1S/C25H52N3O11P/c26-8-2-1-7-25(14-32,27-9-18-20(33)5-3-16(11-29)23(18)35)22(13-31)28(15-40(37,38)39)10-19-21(34)6-4-17(12-30)24(19)36/h16-24,27,29-36H,1-15,26H2,(H2,37,38,39)/t16-,17+,18?,19?,20-,21+,22?,23?,24?,25?/m0/s1. The molecule has 0 aromatic carbocycles.